The zero-order chi connectivity index (χ0) is 19.8. The normalized spacial score (nSPS) is 18.9. The van der Waals surface area contributed by atoms with Crippen LogP contribution in [0.3, 0.4) is 0 Å². The molecule has 11 heteroatoms. The van der Waals surface area contributed by atoms with Gasteiger partial charge >= 0.3 is 10.2 Å². The van der Waals surface area contributed by atoms with Crippen LogP contribution in [-0.2, 0) is 32.8 Å². The SMILES string of the molecule is CCCCC(=O)NN1CCc2cc(O)c(N3CC(=O)NS3(=O)=O)c(F)c2C1. The molecule has 0 radical (unpaired) electrons. The highest BCUT2D eigenvalue weighted by Crippen LogP contribution is 2.38. The number of rotatable bonds is 5. The van der Waals surface area contributed by atoms with Gasteiger partial charge in [0.05, 0.1) is 0 Å². The van der Waals surface area contributed by atoms with E-state index in [9.17, 15) is 23.1 Å². The fourth-order valence-corrected chi connectivity index (χ4v) is 4.35. The Hall–Kier alpha value is -2.40. The largest absolute Gasteiger partial charge is 0.506 e. The van der Waals surface area contributed by atoms with Gasteiger partial charge in [0.2, 0.25) is 5.91 Å². The summed E-state index contributed by atoms with van der Waals surface area (Å²) in [5.41, 5.74) is 2.86. The lowest BCUT2D eigenvalue weighted by Gasteiger charge is -2.30. The summed E-state index contributed by atoms with van der Waals surface area (Å²) >= 11 is 0. The van der Waals surface area contributed by atoms with Gasteiger partial charge in [-0.05, 0) is 24.5 Å². The minimum Gasteiger partial charge on any atom is -0.506 e. The van der Waals surface area contributed by atoms with Crippen molar-refractivity contribution in [2.75, 3.05) is 17.4 Å². The van der Waals surface area contributed by atoms with Crippen molar-refractivity contribution in [1.82, 2.24) is 15.2 Å². The van der Waals surface area contributed by atoms with Crippen molar-refractivity contribution in [1.29, 1.82) is 0 Å². The predicted octanol–water partition coefficient (Wildman–Crippen LogP) is 0.292. The summed E-state index contributed by atoms with van der Waals surface area (Å²) in [6.07, 6.45) is 2.36. The molecule has 1 aromatic rings. The molecule has 2 amide bonds. The van der Waals surface area contributed by atoms with Crippen molar-refractivity contribution >= 4 is 27.7 Å². The van der Waals surface area contributed by atoms with Gasteiger partial charge in [0.1, 0.15) is 18.0 Å². The molecule has 0 atom stereocenters. The van der Waals surface area contributed by atoms with E-state index in [1.54, 1.807) is 9.73 Å². The molecule has 148 valence electrons. The number of aromatic hydroxyl groups is 1. The van der Waals surface area contributed by atoms with Crippen LogP contribution < -0.4 is 14.5 Å². The number of hydrogen-bond donors (Lipinski definition) is 3. The summed E-state index contributed by atoms with van der Waals surface area (Å²) < 4.78 is 41.4. The van der Waals surface area contributed by atoms with Crippen LogP contribution in [0.15, 0.2) is 6.07 Å². The van der Waals surface area contributed by atoms with E-state index in [4.69, 9.17) is 0 Å². The second kappa shape index (κ2) is 7.31. The number of anilines is 1. The minimum atomic E-state index is -4.25. The highest BCUT2D eigenvalue weighted by Gasteiger charge is 2.39. The average molecular weight is 400 g/mol. The first kappa shape index (κ1) is 19.4. The summed E-state index contributed by atoms with van der Waals surface area (Å²) in [5, 5.41) is 11.7. The number of phenols is 1. The number of halogens is 1. The average Bonchev–Trinajstić information content (AvgIpc) is 2.86. The molecule has 27 heavy (non-hydrogen) atoms. The fraction of sp³-hybridized carbons (Fsp3) is 0.500. The van der Waals surface area contributed by atoms with Crippen molar-refractivity contribution in [3.63, 3.8) is 0 Å². The van der Waals surface area contributed by atoms with Crippen molar-refractivity contribution < 1.29 is 27.5 Å². The number of phenolic OH excluding ortho intramolecular Hbond substituents is 1. The molecular formula is C16H21FN4O5S. The molecule has 9 nitrogen and oxygen atoms in total. The van der Waals surface area contributed by atoms with E-state index in [-0.39, 0.29) is 18.0 Å². The van der Waals surface area contributed by atoms with Crippen LogP contribution in [0, 0.1) is 5.82 Å². The number of hydrazine groups is 1. The Labute approximate surface area is 156 Å². The molecule has 2 aliphatic rings. The molecule has 0 aliphatic carbocycles. The molecule has 1 fully saturated rings. The molecule has 0 bridgehead atoms. The number of fused-ring (bicyclic) bond motifs is 1. The van der Waals surface area contributed by atoms with Crippen molar-refractivity contribution in [2.24, 2.45) is 0 Å². The van der Waals surface area contributed by atoms with Gasteiger partial charge in [0.25, 0.3) is 5.91 Å². The summed E-state index contributed by atoms with van der Waals surface area (Å²) in [5.74, 6) is -2.45. The van der Waals surface area contributed by atoms with E-state index in [2.05, 4.69) is 5.43 Å². The van der Waals surface area contributed by atoms with Crippen LogP contribution in [-0.4, -0.2) is 43.4 Å². The molecule has 0 unspecified atom stereocenters. The van der Waals surface area contributed by atoms with E-state index >= 15 is 4.39 Å². The molecule has 0 saturated carbocycles. The number of carbonyl (C=O) groups is 2. The van der Waals surface area contributed by atoms with Gasteiger partial charge in [0.15, 0.2) is 5.82 Å². The predicted molar refractivity (Wildman–Crippen MR) is 94.3 cm³/mol. The Morgan fingerprint density at radius 1 is 1.41 bits per heavy atom. The minimum absolute atomic E-state index is 0.0293. The highest BCUT2D eigenvalue weighted by molar-refractivity contribution is 7.92. The molecule has 0 aromatic heterocycles. The standard InChI is InChI=1S/C16H21FN4O5S/c1-2-3-4-13(23)18-20-6-5-10-7-12(22)16(15(17)11(10)8-20)21-9-14(24)19-27(21,25)26/h7,22H,2-6,8-9H2,1H3,(H,18,23)(H,19,24). The van der Waals surface area contributed by atoms with Crippen molar-refractivity contribution in [3.05, 3.63) is 23.0 Å². The summed E-state index contributed by atoms with van der Waals surface area (Å²) in [4.78, 5) is 23.3. The molecule has 0 spiro atoms. The lowest BCUT2D eigenvalue weighted by molar-refractivity contribution is -0.126. The van der Waals surface area contributed by atoms with Crippen LogP contribution in [0.4, 0.5) is 10.1 Å². The summed E-state index contributed by atoms with van der Waals surface area (Å²) in [6.45, 7) is 1.83. The van der Waals surface area contributed by atoms with Gasteiger partial charge in [0, 0.05) is 25.1 Å². The molecule has 2 aliphatic heterocycles. The molecule has 2 heterocycles. The smallest absolute Gasteiger partial charge is 0.326 e. The zero-order valence-electron chi connectivity index (χ0n) is 14.8. The van der Waals surface area contributed by atoms with E-state index < -0.39 is 39.9 Å². The Morgan fingerprint density at radius 2 is 2.15 bits per heavy atom. The quantitative estimate of drug-likeness (QED) is 0.654. The van der Waals surface area contributed by atoms with Crippen LogP contribution in [0.2, 0.25) is 0 Å². The second-order valence-electron chi connectivity index (χ2n) is 6.54. The number of amides is 2. The fourth-order valence-electron chi connectivity index (χ4n) is 3.18. The second-order valence-corrected chi connectivity index (χ2v) is 8.14. The Kier molecular flexibility index (Phi) is 5.24. The first-order chi connectivity index (χ1) is 12.7. The zero-order valence-corrected chi connectivity index (χ0v) is 15.6. The highest BCUT2D eigenvalue weighted by atomic mass is 32.2. The van der Waals surface area contributed by atoms with Crippen molar-refractivity contribution in [2.45, 2.75) is 39.2 Å². The van der Waals surface area contributed by atoms with Gasteiger partial charge in [-0.2, -0.15) is 8.42 Å². The number of carbonyl (C=O) groups excluding carboxylic acids is 2. The Morgan fingerprint density at radius 3 is 2.78 bits per heavy atom. The Bertz CT molecular complexity index is 889. The number of nitrogens with one attached hydrogen (secondary N) is 2. The van der Waals surface area contributed by atoms with E-state index in [1.807, 2.05) is 6.92 Å². The number of nitrogens with zero attached hydrogens (tertiary/aromatic N) is 2. The van der Waals surface area contributed by atoms with Crippen LogP contribution >= 0.6 is 0 Å². The van der Waals surface area contributed by atoms with Gasteiger partial charge in [-0.15, -0.1) is 0 Å². The monoisotopic (exact) mass is 400 g/mol. The first-order valence-corrected chi connectivity index (χ1v) is 10.1. The maximum atomic E-state index is 15.1. The van der Waals surface area contributed by atoms with Gasteiger partial charge in [-0.1, -0.05) is 13.3 Å². The van der Waals surface area contributed by atoms with Gasteiger partial charge in [-0.3, -0.25) is 15.0 Å². The van der Waals surface area contributed by atoms with Crippen LogP contribution in [0.25, 0.3) is 0 Å². The summed E-state index contributed by atoms with van der Waals surface area (Å²) in [6, 6.07) is 1.31. The number of benzene rings is 1. The third kappa shape index (κ3) is 3.83. The molecule has 1 saturated heterocycles. The third-order valence-corrected chi connectivity index (χ3v) is 5.90. The van der Waals surface area contributed by atoms with Gasteiger partial charge in [-0.25, -0.2) is 18.4 Å². The van der Waals surface area contributed by atoms with E-state index in [1.165, 1.54) is 6.07 Å². The first-order valence-electron chi connectivity index (χ1n) is 8.64. The maximum absolute atomic E-state index is 15.1. The number of unbranched alkanes of at least 4 members (excludes halogenated alkanes) is 1. The van der Waals surface area contributed by atoms with Gasteiger partial charge < -0.3 is 5.11 Å². The summed E-state index contributed by atoms with van der Waals surface area (Å²) in [7, 11) is -4.25. The molecule has 1 aromatic carbocycles. The molecule has 3 N–H and O–H groups in total. The topological polar surface area (TPSA) is 119 Å². The van der Waals surface area contributed by atoms with Crippen LogP contribution in [0.1, 0.15) is 37.3 Å². The maximum Gasteiger partial charge on any atom is 0.326 e. The van der Waals surface area contributed by atoms with E-state index in [0.29, 0.717) is 29.3 Å². The molecule has 3 rings (SSSR count). The van der Waals surface area contributed by atoms with Crippen molar-refractivity contribution in [3.8, 4) is 5.75 Å². The van der Waals surface area contributed by atoms with Crippen LogP contribution in [0.5, 0.6) is 5.75 Å². The lowest BCUT2D eigenvalue weighted by Crippen LogP contribution is -2.45. The Balaban J connectivity index is 1.88. The lowest BCUT2D eigenvalue weighted by atomic mass is 9.98. The number of hydrogen-bond acceptors (Lipinski definition) is 6. The van der Waals surface area contributed by atoms with E-state index in [0.717, 1.165) is 12.8 Å². The third-order valence-electron chi connectivity index (χ3n) is 4.52. The molecular weight excluding hydrogens is 379 g/mol.